The van der Waals surface area contributed by atoms with E-state index in [0.29, 0.717) is 17.5 Å². The molecular weight excluding hydrogens is 703 g/mol. The lowest BCUT2D eigenvalue weighted by Crippen LogP contribution is -2.00. The van der Waals surface area contributed by atoms with Crippen molar-refractivity contribution in [2.45, 2.75) is 0 Å². The first kappa shape index (κ1) is 33.6. The van der Waals surface area contributed by atoms with Gasteiger partial charge in [0.2, 0.25) is 0 Å². The molecule has 0 saturated carbocycles. The van der Waals surface area contributed by atoms with Gasteiger partial charge in [0.25, 0.3) is 0 Å². The maximum atomic E-state index is 5.08. The molecule has 3 nitrogen and oxygen atoms in total. The summed E-state index contributed by atoms with van der Waals surface area (Å²) < 4.78 is 0. The summed E-state index contributed by atoms with van der Waals surface area (Å²) in [5.74, 6) is 1.92. The molecular formula is C55H35N3. The third kappa shape index (κ3) is 5.89. The molecule has 0 unspecified atom stereocenters. The maximum absolute atomic E-state index is 5.08. The van der Waals surface area contributed by atoms with E-state index >= 15 is 0 Å². The molecule has 0 aliphatic carbocycles. The molecule has 58 heavy (non-hydrogen) atoms. The Labute approximate surface area is 336 Å². The van der Waals surface area contributed by atoms with Crippen LogP contribution in [0.4, 0.5) is 0 Å². The Hall–Kier alpha value is -7.75. The van der Waals surface area contributed by atoms with Crippen LogP contribution >= 0.6 is 0 Å². The molecule has 11 rings (SSSR count). The summed E-state index contributed by atoms with van der Waals surface area (Å²) >= 11 is 0. The second-order valence-corrected chi connectivity index (χ2v) is 14.8. The smallest absolute Gasteiger partial charge is 0.164 e. The monoisotopic (exact) mass is 737 g/mol. The lowest BCUT2D eigenvalue weighted by molar-refractivity contribution is 1.07. The molecule has 1 aromatic heterocycles. The first-order valence-electron chi connectivity index (χ1n) is 19.7. The zero-order valence-electron chi connectivity index (χ0n) is 31.5. The quantitative estimate of drug-likeness (QED) is 0.126. The predicted octanol–water partition coefficient (Wildman–Crippen LogP) is 14.5. The Balaban J connectivity index is 1.08. The molecule has 0 bridgehead atoms. The second kappa shape index (κ2) is 14.1. The van der Waals surface area contributed by atoms with E-state index in [0.717, 1.165) is 27.8 Å². The van der Waals surface area contributed by atoms with E-state index in [9.17, 15) is 0 Å². The molecule has 3 heteroatoms. The number of nitrogens with zero attached hydrogens (tertiary/aromatic N) is 3. The van der Waals surface area contributed by atoms with Gasteiger partial charge in [-0.15, -0.1) is 0 Å². The van der Waals surface area contributed by atoms with Crippen LogP contribution in [-0.2, 0) is 0 Å². The highest BCUT2D eigenvalue weighted by atomic mass is 15.0. The summed E-state index contributed by atoms with van der Waals surface area (Å²) in [5.41, 5.74) is 9.96. The molecule has 0 spiro atoms. The molecule has 270 valence electrons. The molecule has 0 atom stereocenters. The van der Waals surface area contributed by atoms with Gasteiger partial charge in [-0.25, -0.2) is 15.0 Å². The van der Waals surface area contributed by atoms with Gasteiger partial charge in [0.15, 0.2) is 17.5 Å². The van der Waals surface area contributed by atoms with E-state index in [-0.39, 0.29) is 0 Å². The van der Waals surface area contributed by atoms with Crippen LogP contribution in [0.2, 0.25) is 0 Å². The minimum atomic E-state index is 0.634. The molecule has 0 amide bonds. The minimum absolute atomic E-state index is 0.634. The number of rotatable bonds is 6. The largest absolute Gasteiger partial charge is 0.208 e. The van der Waals surface area contributed by atoms with Crippen LogP contribution in [0.15, 0.2) is 212 Å². The Morgan fingerprint density at radius 1 is 0.224 bits per heavy atom. The minimum Gasteiger partial charge on any atom is -0.208 e. The summed E-state index contributed by atoms with van der Waals surface area (Å²) in [5, 5.41) is 9.88. The Bertz CT molecular complexity index is 3300. The van der Waals surface area contributed by atoms with Crippen LogP contribution in [0.1, 0.15) is 0 Å². The van der Waals surface area contributed by atoms with Crippen LogP contribution in [0, 0.1) is 0 Å². The van der Waals surface area contributed by atoms with E-state index < -0.39 is 0 Å². The zero-order chi connectivity index (χ0) is 38.4. The molecule has 11 aromatic rings. The number of hydrogen-bond donors (Lipinski definition) is 0. The molecule has 10 aromatic carbocycles. The summed E-state index contributed by atoms with van der Waals surface area (Å²) in [7, 11) is 0. The second-order valence-electron chi connectivity index (χ2n) is 14.8. The number of aromatic nitrogens is 3. The summed E-state index contributed by atoms with van der Waals surface area (Å²) in [4.78, 5) is 15.1. The summed E-state index contributed by atoms with van der Waals surface area (Å²) in [6.07, 6.45) is 0. The fourth-order valence-corrected chi connectivity index (χ4v) is 8.48. The molecule has 0 saturated heterocycles. The van der Waals surface area contributed by atoms with Crippen molar-refractivity contribution in [3.05, 3.63) is 212 Å². The van der Waals surface area contributed by atoms with Gasteiger partial charge in [-0.1, -0.05) is 206 Å². The highest BCUT2D eigenvalue weighted by molar-refractivity contribution is 6.28. The molecule has 0 aliphatic heterocycles. The topological polar surface area (TPSA) is 38.7 Å². The highest BCUT2D eigenvalue weighted by Gasteiger charge is 2.20. The number of benzene rings is 10. The van der Waals surface area contributed by atoms with E-state index in [1.807, 2.05) is 36.4 Å². The third-order valence-corrected chi connectivity index (χ3v) is 11.3. The average Bonchev–Trinajstić information content (AvgIpc) is 3.31. The van der Waals surface area contributed by atoms with Crippen LogP contribution in [-0.4, -0.2) is 15.0 Å². The van der Waals surface area contributed by atoms with Gasteiger partial charge in [0.1, 0.15) is 0 Å². The van der Waals surface area contributed by atoms with E-state index in [1.165, 1.54) is 65.3 Å². The van der Waals surface area contributed by atoms with Crippen molar-refractivity contribution >= 4 is 43.1 Å². The van der Waals surface area contributed by atoms with E-state index in [2.05, 4.69) is 176 Å². The van der Waals surface area contributed by atoms with Crippen LogP contribution in [0.5, 0.6) is 0 Å². The lowest BCUT2D eigenvalue weighted by Gasteiger charge is -2.20. The zero-order valence-corrected chi connectivity index (χ0v) is 31.5. The molecule has 0 N–H and O–H groups in total. The van der Waals surface area contributed by atoms with Gasteiger partial charge in [0.05, 0.1) is 0 Å². The Morgan fingerprint density at radius 3 is 1.28 bits per heavy atom. The van der Waals surface area contributed by atoms with Gasteiger partial charge in [-0.3, -0.25) is 0 Å². The molecule has 0 fully saturated rings. The fourth-order valence-electron chi connectivity index (χ4n) is 8.48. The summed E-state index contributed by atoms with van der Waals surface area (Å²) in [6, 6.07) is 75.5. The molecule has 0 radical (unpaired) electrons. The van der Waals surface area contributed by atoms with Crippen molar-refractivity contribution in [2.24, 2.45) is 0 Å². The Morgan fingerprint density at radius 2 is 0.638 bits per heavy atom. The SMILES string of the molecule is c1ccc(-c2ccc(-c3nc(-c4ccccc4)nc(-c4ccc(-c5c6ccccc6c(-c6ccc7ccccc7c6)c6c5ccc5ccccc56)cc4)n3)cc2)cc1. The average molecular weight is 738 g/mol. The third-order valence-electron chi connectivity index (χ3n) is 11.3. The van der Waals surface area contributed by atoms with Gasteiger partial charge in [-0.2, -0.15) is 0 Å². The van der Waals surface area contributed by atoms with Crippen LogP contribution in [0.25, 0.3) is 111 Å². The van der Waals surface area contributed by atoms with Gasteiger partial charge in [0, 0.05) is 16.7 Å². The van der Waals surface area contributed by atoms with Crippen LogP contribution < -0.4 is 0 Å². The van der Waals surface area contributed by atoms with Crippen molar-refractivity contribution in [3.8, 4) is 67.5 Å². The standard InChI is InChI=1S/C55H35N3/c1-3-13-36(14-4-1)38-23-28-42(29-24-38)54-56-53(41-17-5-2-6-18-41)57-55(58-54)43-30-26-40(27-31-43)50-47-21-11-12-22-48(47)51(45-32-25-37-15-7-8-19-44(37)35-45)52-46-20-10-9-16-39(46)33-34-49(50)52/h1-35H. The van der Waals surface area contributed by atoms with Crippen molar-refractivity contribution in [2.75, 3.05) is 0 Å². The summed E-state index contributed by atoms with van der Waals surface area (Å²) in [6.45, 7) is 0. The number of fused-ring (bicyclic) bond motifs is 5. The first-order valence-corrected chi connectivity index (χ1v) is 19.7. The first-order chi connectivity index (χ1) is 28.7. The van der Waals surface area contributed by atoms with Crippen molar-refractivity contribution < 1.29 is 0 Å². The van der Waals surface area contributed by atoms with Crippen molar-refractivity contribution in [3.63, 3.8) is 0 Å². The van der Waals surface area contributed by atoms with Crippen molar-refractivity contribution in [1.29, 1.82) is 0 Å². The molecule has 0 aliphatic rings. The van der Waals surface area contributed by atoms with Gasteiger partial charge in [-0.05, 0) is 82.5 Å². The van der Waals surface area contributed by atoms with E-state index in [1.54, 1.807) is 0 Å². The van der Waals surface area contributed by atoms with Gasteiger partial charge >= 0.3 is 0 Å². The lowest BCUT2D eigenvalue weighted by atomic mass is 9.83. The highest BCUT2D eigenvalue weighted by Crippen LogP contribution is 2.46. The van der Waals surface area contributed by atoms with Gasteiger partial charge < -0.3 is 0 Å². The Kier molecular flexibility index (Phi) is 8.15. The maximum Gasteiger partial charge on any atom is 0.164 e. The normalized spacial score (nSPS) is 11.4. The van der Waals surface area contributed by atoms with Crippen molar-refractivity contribution in [1.82, 2.24) is 15.0 Å². The van der Waals surface area contributed by atoms with Crippen LogP contribution in [0.3, 0.4) is 0 Å². The number of hydrogen-bond acceptors (Lipinski definition) is 3. The fraction of sp³-hybridized carbons (Fsp3) is 0. The van der Waals surface area contributed by atoms with E-state index in [4.69, 9.17) is 15.0 Å². The molecule has 1 heterocycles. The predicted molar refractivity (Wildman–Crippen MR) is 242 cm³/mol.